The van der Waals surface area contributed by atoms with Crippen LogP contribution >= 0.6 is 34.8 Å². The summed E-state index contributed by atoms with van der Waals surface area (Å²) >= 11 is 18.2. The Bertz CT molecular complexity index is 936. The topological polar surface area (TPSA) is 75.5 Å². The van der Waals surface area contributed by atoms with Crippen LogP contribution in [0.5, 0.6) is 0 Å². The predicted octanol–water partition coefficient (Wildman–Crippen LogP) is 6.19. The number of anilines is 2. The first kappa shape index (κ1) is 20.7. The molecule has 0 saturated carbocycles. The average Bonchev–Trinajstić information content (AvgIpc) is 2.63. The van der Waals surface area contributed by atoms with Crippen molar-refractivity contribution >= 4 is 57.8 Å². The molecular formula is C19H18Cl3N3O3. The number of hydrogen-bond donors (Lipinski definition) is 1. The van der Waals surface area contributed by atoms with Gasteiger partial charge in [-0.05, 0) is 50.5 Å². The fourth-order valence-corrected chi connectivity index (χ4v) is 4.04. The molecule has 6 nitrogen and oxygen atoms in total. The van der Waals surface area contributed by atoms with Gasteiger partial charge in [-0.2, -0.15) is 0 Å². The Labute approximate surface area is 177 Å². The number of piperidine rings is 1. The van der Waals surface area contributed by atoms with Gasteiger partial charge in [0.25, 0.3) is 11.6 Å². The SMILES string of the molecule is C[C@H]1CCCCN1c1cc(NC(=O)c2ccc(Cl)cc2Cl)c(Cl)cc1[N+](=O)[O-]. The van der Waals surface area contributed by atoms with E-state index in [9.17, 15) is 14.9 Å². The van der Waals surface area contributed by atoms with Crippen LogP contribution in [0.4, 0.5) is 17.1 Å². The van der Waals surface area contributed by atoms with Crippen LogP contribution in [0.25, 0.3) is 0 Å². The van der Waals surface area contributed by atoms with Crippen LogP contribution in [-0.2, 0) is 0 Å². The van der Waals surface area contributed by atoms with Gasteiger partial charge in [0.1, 0.15) is 5.69 Å². The lowest BCUT2D eigenvalue weighted by molar-refractivity contribution is -0.384. The number of halogens is 3. The molecule has 148 valence electrons. The molecule has 1 heterocycles. The number of carbonyl (C=O) groups is 1. The molecule has 28 heavy (non-hydrogen) atoms. The smallest absolute Gasteiger partial charge is 0.294 e. The normalized spacial score (nSPS) is 16.7. The molecule has 0 spiro atoms. The summed E-state index contributed by atoms with van der Waals surface area (Å²) in [5, 5.41) is 15.0. The molecule has 9 heteroatoms. The van der Waals surface area contributed by atoms with Crippen molar-refractivity contribution in [3.8, 4) is 0 Å². The van der Waals surface area contributed by atoms with E-state index in [4.69, 9.17) is 34.8 Å². The molecule has 1 N–H and O–H groups in total. The highest BCUT2D eigenvalue weighted by molar-refractivity contribution is 6.38. The molecule has 0 bridgehead atoms. The fraction of sp³-hybridized carbons (Fsp3) is 0.316. The van der Waals surface area contributed by atoms with Gasteiger partial charge in [-0.3, -0.25) is 14.9 Å². The Morgan fingerprint density at radius 1 is 1.18 bits per heavy atom. The molecule has 1 amide bonds. The van der Waals surface area contributed by atoms with Gasteiger partial charge < -0.3 is 10.2 Å². The number of hydrogen-bond acceptors (Lipinski definition) is 4. The zero-order valence-corrected chi connectivity index (χ0v) is 17.3. The highest BCUT2D eigenvalue weighted by Gasteiger charge is 2.27. The van der Waals surface area contributed by atoms with Gasteiger partial charge in [0.05, 0.1) is 26.2 Å². The van der Waals surface area contributed by atoms with Crippen LogP contribution < -0.4 is 10.2 Å². The van der Waals surface area contributed by atoms with Crippen molar-refractivity contribution in [1.29, 1.82) is 0 Å². The minimum atomic E-state index is -0.477. The van der Waals surface area contributed by atoms with Gasteiger partial charge >= 0.3 is 0 Å². The lowest BCUT2D eigenvalue weighted by Crippen LogP contribution is -2.37. The minimum absolute atomic E-state index is 0.0820. The number of benzene rings is 2. The number of nitro benzene ring substituents is 1. The first-order chi connectivity index (χ1) is 13.3. The number of rotatable bonds is 4. The molecule has 1 aliphatic heterocycles. The molecule has 1 fully saturated rings. The number of nitrogens with zero attached hydrogens (tertiary/aromatic N) is 2. The minimum Gasteiger partial charge on any atom is -0.363 e. The number of carbonyl (C=O) groups excluding carboxylic acids is 1. The third-order valence-electron chi connectivity index (χ3n) is 4.80. The van der Waals surface area contributed by atoms with E-state index in [1.54, 1.807) is 12.1 Å². The second-order valence-electron chi connectivity index (χ2n) is 6.69. The van der Waals surface area contributed by atoms with Crippen molar-refractivity contribution in [1.82, 2.24) is 0 Å². The summed E-state index contributed by atoms with van der Waals surface area (Å²) in [4.78, 5) is 25.7. The van der Waals surface area contributed by atoms with Crippen LogP contribution in [-0.4, -0.2) is 23.4 Å². The average molecular weight is 443 g/mol. The Hall–Kier alpha value is -2.02. The Balaban J connectivity index is 1.98. The first-order valence-electron chi connectivity index (χ1n) is 8.79. The lowest BCUT2D eigenvalue weighted by atomic mass is 10.0. The van der Waals surface area contributed by atoms with E-state index in [0.29, 0.717) is 17.3 Å². The number of nitrogens with one attached hydrogen (secondary N) is 1. The zero-order chi connectivity index (χ0) is 20.4. The Morgan fingerprint density at radius 3 is 2.57 bits per heavy atom. The molecule has 1 aliphatic rings. The number of amides is 1. The third kappa shape index (κ3) is 4.35. The van der Waals surface area contributed by atoms with Crippen molar-refractivity contribution in [3.63, 3.8) is 0 Å². The van der Waals surface area contributed by atoms with E-state index in [-0.39, 0.29) is 33.0 Å². The van der Waals surface area contributed by atoms with E-state index in [1.807, 2.05) is 11.8 Å². The Kier molecular flexibility index (Phi) is 6.33. The zero-order valence-electron chi connectivity index (χ0n) is 15.0. The molecule has 0 aliphatic carbocycles. The summed E-state index contributed by atoms with van der Waals surface area (Å²) in [7, 11) is 0. The fourth-order valence-electron chi connectivity index (χ4n) is 3.34. The molecule has 2 aromatic rings. The first-order valence-corrected chi connectivity index (χ1v) is 9.92. The van der Waals surface area contributed by atoms with Crippen LogP contribution in [0.3, 0.4) is 0 Å². The molecule has 3 rings (SSSR count). The molecule has 2 aromatic carbocycles. The van der Waals surface area contributed by atoms with Crippen LogP contribution in [0.1, 0.15) is 36.5 Å². The molecular weight excluding hydrogens is 425 g/mol. The van der Waals surface area contributed by atoms with Gasteiger partial charge in [0.2, 0.25) is 0 Å². The third-order valence-corrected chi connectivity index (χ3v) is 5.66. The second kappa shape index (κ2) is 8.55. The molecule has 0 aromatic heterocycles. The summed E-state index contributed by atoms with van der Waals surface area (Å²) in [6.45, 7) is 2.74. The highest BCUT2D eigenvalue weighted by atomic mass is 35.5. The van der Waals surface area contributed by atoms with Crippen LogP contribution in [0, 0.1) is 10.1 Å². The van der Waals surface area contributed by atoms with Crippen LogP contribution in [0.2, 0.25) is 15.1 Å². The lowest BCUT2D eigenvalue weighted by Gasteiger charge is -2.35. The van der Waals surface area contributed by atoms with Gasteiger partial charge in [-0.1, -0.05) is 34.8 Å². The van der Waals surface area contributed by atoms with Crippen molar-refractivity contribution in [2.45, 2.75) is 32.2 Å². The summed E-state index contributed by atoms with van der Waals surface area (Å²) in [6, 6.07) is 7.52. The van der Waals surface area contributed by atoms with Crippen molar-refractivity contribution < 1.29 is 9.72 Å². The summed E-state index contributed by atoms with van der Waals surface area (Å²) in [5.41, 5.74) is 0.879. The summed E-state index contributed by atoms with van der Waals surface area (Å²) < 4.78 is 0. The highest BCUT2D eigenvalue weighted by Crippen LogP contribution is 2.39. The van der Waals surface area contributed by atoms with Gasteiger partial charge in [0.15, 0.2) is 0 Å². The Morgan fingerprint density at radius 2 is 1.93 bits per heavy atom. The van der Waals surface area contributed by atoms with Gasteiger partial charge in [-0.25, -0.2) is 0 Å². The quantitative estimate of drug-likeness (QED) is 0.453. The molecule has 0 radical (unpaired) electrons. The van der Waals surface area contributed by atoms with E-state index in [1.165, 1.54) is 18.2 Å². The summed E-state index contributed by atoms with van der Waals surface area (Å²) in [5.74, 6) is -0.477. The van der Waals surface area contributed by atoms with E-state index in [2.05, 4.69) is 5.32 Å². The monoisotopic (exact) mass is 441 g/mol. The molecule has 1 atom stereocenters. The van der Waals surface area contributed by atoms with Crippen molar-refractivity contribution in [2.75, 3.05) is 16.8 Å². The maximum atomic E-state index is 12.6. The molecule has 0 unspecified atom stereocenters. The van der Waals surface area contributed by atoms with Gasteiger partial charge in [-0.15, -0.1) is 0 Å². The van der Waals surface area contributed by atoms with Crippen molar-refractivity contribution in [3.05, 3.63) is 61.1 Å². The van der Waals surface area contributed by atoms with Gasteiger partial charge in [0, 0.05) is 23.7 Å². The van der Waals surface area contributed by atoms with E-state index in [0.717, 1.165) is 19.3 Å². The summed E-state index contributed by atoms with van der Waals surface area (Å²) in [6.07, 6.45) is 2.98. The van der Waals surface area contributed by atoms with E-state index >= 15 is 0 Å². The molecule has 1 saturated heterocycles. The van der Waals surface area contributed by atoms with E-state index < -0.39 is 10.8 Å². The number of nitro groups is 1. The second-order valence-corrected chi connectivity index (χ2v) is 7.95. The maximum Gasteiger partial charge on any atom is 0.294 e. The predicted molar refractivity (Wildman–Crippen MR) is 113 cm³/mol. The van der Waals surface area contributed by atoms with Crippen molar-refractivity contribution in [2.24, 2.45) is 0 Å². The standard InChI is InChI=1S/C19H18Cl3N3O3/c1-11-4-2-3-7-24(11)17-10-16(15(22)9-18(17)25(27)28)23-19(26)13-6-5-12(20)8-14(13)21/h5-6,8-11H,2-4,7H2,1H3,(H,23,26)/t11-/m0/s1. The maximum absolute atomic E-state index is 12.6. The largest absolute Gasteiger partial charge is 0.363 e. The van der Waals surface area contributed by atoms with Crippen LogP contribution in [0.15, 0.2) is 30.3 Å².